The molecule has 0 amide bonds. The van der Waals surface area contributed by atoms with Crippen LogP contribution in [0.2, 0.25) is 5.02 Å². The molecule has 24 heavy (non-hydrogen) atoms. The summed E-state index contributed by atoms with van der Waals surface area (Å²) < 4.78 is 18.8. The van der Waals surface area contributed by atoms with Gasteiger partial charge in [-0.25, -0.2) is 4.39 Å². The number of hydrogen-bond donors (Lipinski definition) is 1. The lowest BCUT2D eigenvalue weighted by atomic mass is 9.95. The molecule has 0 spiro atoms. The van der Waals surface area contributed by atoms with Crippen LogP contribution in [0.25, 0.3) is 22.8 Å². The Morgan fingerprint density at radius 2 is 2.21 bits per heavy atom. The third-order valence-corrected chi connectivity index (χ3v) is 4.47. The molecule has 1 N–H and O–H groups in total. The smallest absolute Gasteiger partial charge is 0.259 e. The van der Waals surface area contributed by atoms with Gasteiger partial charge >= 0.3 is 0 Å². The second-order valence-electron chi connectivity index (χ2n) is 5.70. The molecule has 0 saturated heterocycles. The number of nitrogens with zero attached hydrogens (tertiary/aromatic N) is 3. The fourth-order valence-electron chi connectivity index (χ4n) is 2.96. The topological polar surface area (TPSA) is 63.8 Å². The highest BCUT2D eigenvalue weighted by Crippen LogP contribution is 2.32. The van der Waals surface area contributed by atoms with Crippen molar-refractivity contribution >= 4 is 11.6 Å². The molecular formula is C17H14ClFN4O. The number of fused-ring (bicyclic) bond motifs is 1. The summed E-state index contributed by atoms with van der Waals surface area (Å²) in [5.41, 5.74) is 4.42. The highest BCUT2D eigenvalue weighted by molar-refractivity contribution is 6.33. The van der Waals surface area contributed by atoms with Gasteiger partial charge in [0, 0.05) is 24.0 Å². The number of benzene rings is 1. The zero-order valence-corrected chi connectivity index (χ0v) is 13.7. The number of pyridine rings is 1. The highest BCUT2D eigenvalue weighted by Gasteiger charge is 2.22. The first-order valence-corrected chi connectivity index (χ1v) is 7.99. The fourth-order valence-corrected chi connectivity index (χ4v) is 3.16. The molecular weight excluding hydrogens is 331 g/mol. The molecule has 7 heteroatoms. The van der Waals surface area contributed by atoms with Crippen molar-refractivity contribution in [2.75, 3.05) is 6.54 Å². The van der Waals surface area contributed by atoms with Gasteiger partial charge in [0.05, 0.1) is 10.6 Å². The minimum absolute atomic E-state index is 0.195. The SMILES string of the molecule is Cc1ncc2c(c1-c1noc(-c3cc(F)ccc3Cl)n1)CCNC2. The second kappa shape index (κ2) is 5.96. The Balaban J connectivity index is 1.83. The highest BCUT2D eigenvalue weighted by atomic mass is 35.5. The van der Waals surface area contributed by atoms with E-state index in [-0.39, 0.29) is 5.89 Å². The first kappa shape index (κ1) is 15.2. The number of aromatic nitrogens is 3. The Hall–Kier alpha value is -2.31. The van der Waals surface area contributed by atoms with E-state index in [4.69, 9.17) is 16.1 Å². The molecule has 0 atom stereocenters. The first-order chi connectivity index (χ1) is 11.6. The van der Waals surface area contributed by atoms with Crippen LogP contribution in [0, 0.1) is 12.7 Å². The second-order valence-corrected chi connectivity index (χ2v) is 6.10. The average molecular weight is 345 g/mol. The van der Waals surface area contributed by atoms with Crippen LogP contribution in [0.4, 0.5) is 4.39 Å². The molecule has 1 aromatic carbocycles. The van der Waals surface area contributed by atoms with Crippen LogP contribution >= 0.6 is 11.6 Å². The van der Waals surface area contributed by atoms with E-state index in [1.807, 2.05) is 13.1 Å². The monoisotopic (exact) mass is 344 g/mol. The van der Waals surface area contributed by atoms with E-state index in [1.165, 1.54) is 23.8 Å². The van der Waals surface area contributed by atoms with Crippen LogP contribution in [-0.2, 0) is 13.0 Å². The average Bonchev–Trinajstić information content (AvgIpc) is 3.06. The van der Waals surface area contributed by atoms with Gasteiger partial charge in [-0.05, 0) is 49.2 Å². The van der Waals surface area contributed by atoms with Gasteiger partial charge in [-0.15, -0.1) is 0 Å². The summed E-state index contributed by atoms with van der Waals surface area (Å²) in [7, 11) is 0. The minimum atomic E-state index is -0.407. The van der Waals surface area contributed by atoms with Crippen LogP contribution in [0.5, 0.6) is 0 Å². The maximum Gasteiger partial charge on any atom is 0.259 e. The summed E-state index contributed by atoms with van der Waals surface area (Å²) in [5.74, 6) is 0.240. The van der Waals surface area contributed by atoms with Crippen LogP contribution in [0.15, 0.2) is 28.9 Å². The van der Waals surface area contributed by atoms with Crippen LogP contribution < -0.4 is 5.32 Å². The molecule has 5 nitrogen and oxygen atoms in total. The largest absolute Gasteiger partial charge is 0.334 e. The first-order valence-electron chi connectivity index (χ1n) is 7.61. The molecule has 2 aromatic heterocycles. The number of aryl methyl sites for hydroxylation is 1. The quantitative estimate of drug-likeness (QED) is 0.770. The van der Waals surface area contributed by atoms with Crippen molar-refractivity contribution in [1.82, 2.24) is 20.4 Å². The van der Waals surface area contributed by atoms with Crippen molar-refractivity contribution in [2.24, 2.45) is 0 Å². The van der Waals surface area contributed by atoms with Crippen LogP contribution in [0.1, 0.15) is 16.8 Å². The zero-order valence-electron chi connectivity index (χ0n) is 12.9. The molecule has 0 saturated carbocycles. The molecule has 4 rings (SSSR count). The Kier molecular flexibility index (Phi) is 3.78. The summed E-state index contributed by atoms with van der Waals surface area (Å²) in [6, 6.07) is 4.05. The van der Waals surface area contributed by atoms with Gasteiger partial charge in [0.25, 0.3) is 5.89 Å². The van der Waals surface area contributed by atoms with E-state index in [1.54, 1.807) is 0 Å². The maximum atomic E-state index is 13.5. The van der Waals surface area contributed by atoms with E-state index in [2.05, 4.69) is 20.4 Å². The lowest BCUT2D eigenvalue weighted by molar-refractivity contribution is 0.432. The summed E-state index contributed by atoms with van der Waals surface area (Å²) in [4.78, 5) is 8.87. The summed E-state index contributed by atoms with van der Waals surface area (Å²) >= 11 is 6.12. The third kappa shape index (κ3) is 2.57. The number of hydrogen-bond acceptors (Lipinski definition) is 5. The predicted octanol–water partition coefficient (Wildman–Crippen LogP) is 3.55. The molecule has 3 aromatic rings. The number of halogens is 2. The maximum absolute atomic E-state index is 13.5. The van der Waals surface area contributed by atoms with Crippen LogP contribution in [-0.4, -0.2) is 21.7 Å². The van der Waals surface area contributed by atoms with Gasteiger partial charge < -0.3 is 9.84 Å². The Morgan fingerprint density at radius 3 is 3.08 bits per heavy atom. The van der Waals surface area contributed by atoms with E-state index in [9.17, 15) is 4.39 Å². The van der Waals surface area contributed by atoms with E-state index in [0.717, 1.165) is 36.3 Å². The van der Waals surface area contributed by atoms with Gasteiger partial charge in [-0.2, -0.15) is 4.98 Å². The molecule has 122 valence electrons. The van der Waals surface area contributed by atoms with Crippen molar-refractivity contribution in [2.45, 2.75) is 19.9 Å². The van der Waals surface area contributed by atoms with E-state index < -0.39 is 5.82 Å². The lowest BCUT2D eigenvalue weighted by Crippen LogP contribution is -2.24. The van der Waals surface area contributed by atoms with Crippen molar-refractivity contribution in [3.8, 4) is 22.8 Å². The summed E-state index contributed by atoms with van der Waals surface area (Å²) in [6.07, 6.45) is 2.75. The number of nitrogens with one attached hydrogen (secondary N) is 1. The molecule has 1 aliphatic rings. The van der Waals surface area contributed by atoms with Crippen molar-refractivity contribution in [3.05, 3.63) is 52.1 Å². The molecule has 0 unspecified atom stereocenters. The summed E-state index contributed by atoms with van der Waals surface area (Å²) in [6.45, 7) is 3.59. The lowest BCUT2D eigenvalue weighted by Gasteiger charge is -2.19. The van der Waals surface area contributed by atoms with Crippen molar-refractivity contribution in [3.63, 3.8) is 0 Å². The summed E-state index contributed by atoms with van der Waals surface area (Å²) in [5, 5.41) is 7.76. The molecule has 0 bridgehead atoms. The third-order valence-electron chi connectivity index (χ3n) is 4.14. The van der Waals surface area contributed by atoms with Crippen LogP contribution in [0.3, 0.4) is 0 Å². The molecule has 3 heterocycles. The molecule has 1 aliphatic heterocycles. The molecule has 0 fully saturated rings. The Labute approximate surface area is 142 Å². The standard InChI is InChI=1S/C17H14ClFN4O/c1-9-15(12-4-5-20-7-10(12)8-21-9)16-22-17(24-23-16)13-6-11(19)2-3-14(13)18/h2-3,6,8,20H,4-5,7H2,1H3. The molecule has 0 radical (unpaired) electrons. The minimum Gasteiger partial charge on any atom is -0.334 e. The van der Waals surface area contributed by atoms with Gasteiger partial charge in [0.1, 0.15) is 5.82 Å². The molecule has 0 aliphatic carbocycles. The van der Waals surface area contributed by atoms with Crippen molar-refractivity contribution in [1.29, 1.82) is 0 Å². The van der Waals surface area contributed by atoms with Gasteiger partial charge in [0.2, 0.25) is 5.82 Å². The number of rotatable bonds is 2. The Morgan fingerprint density at radius 1 is 1.33 bits per heavy atom. The van der Waals surface area contributed by atoms with E-state index in [0.29, 0.717) is 16.4 Å². The van der Waals surface area contributed by atoms with E-state index >= 15 is 0 Å². The predicted molar refractivity (Wildman–Crippen MR) is 88.1 cm³/mol. The zero-order chi connectivity index (χ0) is 16.7. The normalized spacial score (nSPS) is 13.8. The fraction of sp³-hybridized carbons (Fsp3) is 0.235. The van der Waals surface area contributed by atoms with Gasteiger partial charge in [-0.3, -0.25) is 4.98 Å². The Bertz CT molecular complexity index is 925. The van der Waals surface area contributed by atoms with Gasteiger partial charge in [-0.1, -0.05) is 16.8 Å². The van der Waals surface area contributed by atoms with Crippen molar-refractivity contribution < 1.29 is 8.91 Å². The van der Waals surface area contributed by atoms with Gasteiger partial charge in [0.15, 0.2) is 0 Å².